The second kappa shape index (κ2) is 10.1. The molecule has 0 aliphatic carbocycles. The molecule has 0 spiro atoms. The first kappa shape index (κ1) is 20.1. The number of aliphatic hydroxyl groups is 1. The van der Waals surface area contributed by atoms with Crippen LogP contribution in [-0.2, 0) is 24.2 Å². The van der Waals surface area contributed by atoms with Gasteiger partial charge in [-0.3, -0.25) is 0 Å². The van der Waals surface area contributed by atoms with Crippen LogP contribution in [0.1, 0.15) is 47.1 Å². The fourth-order valence-corrected chi connectivity index (χ4v) is 3.93. The fourth-order valence-electron chi connectivity index (χ4n) is 2.71. The van der Waals surface area contributed by atoms with Crippen molar-refractivity contribution in [2.75, 3.05) is 13.2 Å². The first-order chi connectivity index (χ1) is 12.0. The molecule has 0 aliphatic heterocycles. The second-order valence-corrected chi connectivity index (χ2v) is 8.35. The van der Waals surface area contributed by atoms with Crippen LogP contribution in [0.5, 0.6) is 0 Å². The van der Waals surface area contributed by atoms with Gasteiger partial charge in [0, 0.05) is 21.9 Å². The Kier molecular flexibility index (Phi) is 8.10. The standard InChI is InChI=1S/C21H31NO2S/c1-17-14-19(25-20(17)11-12-21(2,22)16-23)10-6-7-13-24-15-18-8-4-3-5-9-18/h3-5,8-9,14,23H,6-7,10-13,15-16,22H2,1-2H3. The number of aliphatic hydroxyl groups excluding tert-OH is 1. The number of hydrogen-bond donors (Lipinski definition) is 2. The lowest BCUT2D eigenvalue weighted by molar-refractivity contribution is 0.117. The second-order valence-electron chi connectivity index (χ2n) is 7.13. The van der Waals surface area contributed by atoms with E-state index in [9.17, 15) is 5.11 Å². The summed E-state index contributed by atoms with van der Waals surface area (Å²) in [7, 11) is 0. The Hall–Kier alpha value is -1.20. The van der Waals surface area contributed by atoms with E-state index in [2.05, 4.69) is 25.1 Å². The molecule has 4 heteroatoms. The number of unbranched alkanes of at least 4 members (excludes halogenated alkanes) is 1. The van der Waals surface area contributed by atoms with E-state index in [1.165, 1.54) is 20.9 Å². The molecule has 1 heterocycles. The van der Waals surface area contributed by atoms with Crippen LogP contribution >= 0.6 is 11.3 Å². The Morgan fingerprint density at radius 3 is 2.64 bits per heavy atom. The number of thiophene rings is 1. The highest BCUT2D eigenvalue weighted by molar-refractivity contribution is 7.12. The Labute approximate surface area is 155 Å². The lowest BCUT2D eigenvalue weighted by Gasteiger charge is -2.21. The Balaban J connectivity index is 1.65. The van der Waals surface area contributed by atoms with Gasteiger partial charge in [0.15, 0.2) is 0 Å². The Morgan fingerprint density at radius 1 is 1.16 bits per heavy atom. The maximum Gasteiger partial charge on any atom is 0.0716 e. The van der Waals surface area contributed by atoms with E-state index < -0.39 is 5.54 Å². The van der Waals surface area contributed by atoms with Gasteiger partial charge in [-0.2, -0.15) is 0 Å². The topological polar surface area (TPSA) is 55.5 Å². The zero-order chi connectivity index (χ0) is 18.1. The molecular formula is C21H31NO2S. The Morgan fingerprint density at radius 2 is 1.92 bits per heavy atom. The molecular weight excluding hydrogens is 330 g/mol. The van der Waals surface area contributed by atoms with Gasteiger partial charge in [-0.05, 0) is 63.1 Å². The molecule has 0 aliphatic rings. The number of hydrogen-bond acceptors (Lipinski definition) is 4. The summed E-state index contributed by atoms with van der Waals surface area (Å²) in [6.07, 6.45) is 5.12. The summed E-state index contributed by atoms with van der Waals surface area (Å²) < 4.78 is 5.74. The van der Waals surface area contributed by atoms with Crippen molar-refractivity contribution in [1.82, 2.24) is 0 Å². The van der Waals surface area contributed by atoms with Crippen LogP contribution in [0.4, 0.5) is 0 Å². The normalized spacial score (nSPS) is 13.8. The van der Waals surface area contributed by atoms with Gasteiger partial charge in [0.25, 0.3) is 0 Å². The molecule has 138 valence electrons. The van der Waals surface area contributed by atoms with Gasteiger partial charge in [-0.1, -0.05) is 30.3 Å². The number of benzene rings is 1. The first-order valence-corrected chi connectivity index (χ1v) is 9.91. The summed E-state index contributed by atoms with van der Waals surface area (Å²) in [6, 6.07) is 12.6. The summed E-state index contributed by atoms with van der Waals surface area (Å²) in [4.78, 5) is 2.85. The number of ether oxygens (including phenoxy) is 1. The summed E-state index contributed by atoms with van der Waals surface area (Å²) in [5, 5.41) is 9.27. The first-order valence-electron chi connectivity index (χ1n) is 9.10. The van der Waals surface area contributed by atoms with Crippen molar-refractivity contribution < 1.29 is 9.84 Å². The monoisotopic (exact) mass is 361 g/mol. The third-order valence-electron chi connectivity index (χ3n) is 4.43. The van der Waals surface area contributed by atoms with Crippen LogP contribution in [0.25, 0.3) is 0 Å². The third-order valence-corrected chi connectivity index (χ3v) is 5.79. The molecule has 1 aromatic heterocycles. The van der Waals surface area contributed by atoms with Gasteiger partial charge in [0.05, 0.1) is 13.2 Å². The van der Waals surface area contributed by atoms with E-state index in [0.29, 0.717) is 6.61 Å². The summed E-state index contributed by atoms with van der Waals surface area (Å²) in [6.45, 7) is 5.63. The predicted octanol–water partition coefficient (Wildman–Crippen LogP) is 4.24. The van der Waals surface area contributed by atoms with Gasteiger partial charge >= 0.3 is 0 Å². The molecule has 2 rings (SSSR count). The molecule has 1 aromatic carbocycles. The van der Waals surface area contributed by atoms with Crippen LogP contribution < -0.4 is 5.73 Å². The van der Waals surface area contributed by atoms with E-state index >= 15 is 0 Å². The smallest absolute Gasteiger partial charge is 0.0716 e. The van der Waals surface area contributed by atoms with Crippen molar-refractivity contribution in [2.24, 2.45) is 5.73 Å². The molecule has 0 fully saturated rings. The molecule has 25 heavy (non-hydrogen) atoms. The molecule has 0 bridgehead atoms. The summed E-state index contributed by atoms with van der Waals surface area (Å²) in [5.74, 6) is 0. The van der Waals surface area contributed by atoms with E-state index in [-0.39, 0.29) is 6.61 Å². The van der Waals surface area contributed by atoms with E-state index in [4.69, 9.17) is 10.5 Å². The van der Waals surface area contributed by atoms with Crippen molar-refractivity contribution in [3.05, 3.63) is 57.3 Å². The third kappa shape index (κ3) is 7.28. The van der Waals surface area contributed by atoms with Crippen LogP contribution in [0.2, 0.25) is 0 Å². The molecule has 1 atom stereocenters. The zero-order valence-electron chi connectivity index (χ0n) is 15.5. The number of nitrogens with two attached hydrogens (primary N) is 1. The van der Waals surface area contributed by atoms with E-state index in [1.807, 2.05) is 36.5 Å². The molecule has 3 nitrogen and oxygen atoms in total. The molecule has 1 unspecified atom stereocenters. The summed E-state index contributed by atoms with van der Waals surface area (Å²) >= 11 is 1.89. The SMILES string of the molecule is Cc1cc(CCCCOCc2ccccc2)sc1CCC(C)(N)CO. The van der Waals surface area contributed by atoms with Gasteiger partial charge in [0.1, 0.15) is 0 Å². The van der Waals surface area contributed by atoms with Crippen molar-refractivity contribution in [2.45, 2.75) is 58.1 Å². The maximum atomic E-state index is 9.27. The molecule has 0 amide bonds. The van der Waals surface area contributed by atoms with Crippen LogP contribution in [0.15, 0.2) is 36.4 Å². The maximum absolute atomic E-state index is 9.27. The highest BCUT2D eigenvalue weighted by atomic mass is 32.1. The largest absolute Gasteiger partial charge is 0.394 e. The van der Waals surface area contributed by atoms with Crippen LogP contribution in [0.3, 0.4) is 0 Å². The number of rotatable bonds is 11. The lowest BCUT2D eigenvalue weighted by Crippen LogP contribution is -2.40. The minimum atomic E-state index is -0.479. The predicted molar refractivity (Wildman–Crippen MR) is 106 cm³/mol. The Bertz CT molecular complexity index is 622. The average Bonchev–Trinajstić information content (AvgIpc) is 2.97. The molecule has 3 N–H and O–H groups in total. The van der Waals surface area contributed by atoms with E-state index in [1.54, 1.807) is 0 Å². The quantitative estimate of drug-likeness (QED) is 0.589. The zero-order valence-corrected chi connectivity index (χ0v) is 16.3. The highest BCUT2D eigenvalue weighted by Crippen LogP contribution is 2.26. The van der Waals surface area contributed by atoms with Crippen LogP contribution in [0, 0.1) is 6.92 Å². The van der Waals surface area contributed by atoms with Gasteiger partial charge in [0.2, 0.25) is 0 Å². The van der Waals surface area contributed by atoms with Crippen molar-refractivity contribution in [1.29, 1.82) is 0 Å². The number of aryl methyl sites for hydroxylation is 3. The highest BCUT2D eigenvalue weighted by Gasteiger charge is 2.18. The van der Waals surface area contributed by atoms with Gasteiger partial charge < -0.3 is 15.6 Å². The minimum Gasteiger partial charge on any atom is -0.394 e. The average molecular weight is 362 g/mol. The molecule has 0 saturated heterocycles. The van der Waals surface area contributed by atoms with Crippen LogP contribution in [-0.4, -0.2) is 23.9 Å². The molecule has 0 radical (unpaired) electrons. The van der Waals surface area contributed by atoms with Gasteiger partial charge in [-0.25, -0.2) is 0 Å². The van der Waals surface area contributed by atoms with Crippen molar-refractivity contribution in [3.8, 4) is 0 Å². The van der Waals surface area contributed by atoms with Crippen molar-refractivity contribution >= 4 is 11.3 Å². The van der Waals surface area contributed by atoms with E-state index in [0.717, 1.165) is 38.7 Å². The molecule has 2 aromatic rings. The summed E-state index contributed by atoms with van der Waals surface area (Å²) in [5.41, 5.74) is 8.14. The van der Waals surface area contributed by atoms with Crippen molar-refractivity contribution in [3.63, 3.8) is 0 Å². The van der Waals surface area contributed by atoms with Gasteiger partial charge in [-0.15, -0.1) is 11.3 Å². The molecule has 0 saturated carbocycles. The fraction of sp³-hybridized carbons (Fsp3) is 0.524. The minimum absolute atomic E-state index is 0.0350. The lowest BCUT2D eigenvalue weighted by atomic mass is 9.97.